The van der Waals surface area contributed by atoms with Gasteiger partial charge in [-0.25, -0.2) is 13.2 Å². The Balaban J connectivity index is 2.04. The van der Waals surface area contributed by atoms with Gasteiger partial charge in [0.2, 0.25) is 0 Å². The Hall–Kier alpha value is -1.47. The van der Waals surface area contributed by atoms with Crippen molar-refractivity contribution in [3.05, 3.63) is 28.8 Å². The first kappa shape index (κ1) is 16.9. The van der Waals surface area contributed by atoms with Gasteiger partial charge in [-0.1, -0.05) is 11.6 Å². The summed E-state index contributed by atoms with van der Waals surface area (Å²) in [6, 6.07) is 5.03. The summed E-state index contributed by atoms with van der Waals surface area (Å²) in [5.74, 6) is 0.699. The van der Waals surface area contributed by atoms with Crippen molar-refractivity contribution >= 4 is 27.5 Å². The quantitative estimate of drug-likeness (QED) is 0.834. The molecule has 0 aromatic heterocycles. The van der Waals surface area contributed by atoms with Gasteiger partial charge in [0, 0.05) is 30.7 Å². The maximum absolute atomic E-state index is 12.4. The number of halogens is 1. The molecule has 0 bridgehead atoms. The monoisotopic (exact) mass is 346 g/mol. The predicted octanol–water partition coefficient (Wildman–Crippen LogP) is 1.63. The topological polar surface area (TPSA) is 66.9 Å². The largest absolute Gasteiger partial charge is 0.496 e. The molecule has 0 saturated carbocycles. The normalized spacial score (nSPS) is 17.1. The Bertz CT molecular complexity index is 649. The number of sulfone groups is 1. The molecule has 1 aliphatic heterocycles. The third-order valence-electron chi connectivity index (χ3n) is 3.59. The van der Waals surface area contributed by atoms with Gasteiger partial charge in [-0.05, 0) is 18.2 Å². The van der Waals surface area contributed by atoms with Crippen LogP contribution in [0.1, 0.15) is 5.56 Å². The molecule has 0 unspecified atom stereocenters. The first-order valence-electron chi connectivity index (χ1n) is 6.85. The molecule has 0 N–H and O–H groups in total. The van der Waals surface area contributed by atoms with Crippen LogP contribution in [0.25, 0.3) is 0 Å². The standard InChI is InChI=1S/C14H19ClN2O4S/c1-16(10-11-9-12(15)3-4-13(11)21-2)14(18)17-5-7-22(19,20)8-6-17/h3-4,9H,5-8,10H2,1-2H3. The Kier molecular flexibility index (Phi) is 5.18. The van der Waals surface area contributed by atoms with Crippen molar-refractivity contribution in [1.29, 1.82) is 0 Å². The lowest BCUT2D eigenvalue weighted by molar-refractivity contribution is 0.164. The Morgan fingerprint density at radius 3 is 2.59 bits per heavy atom. The minimum Gasteiger partial charge on any atom is -0.496 e. The number of carbonyl (C=O) groups excluding carboxylic acids is 1. The van der Waals surface area contributed by atoms with Crippen molar-refractivity contribution in [2.24, 2.45) is 0 Å². The number of benzene rings is 1. The van der Waals surface area contributed by atoms with Gasteiger partial charge in [0.25, 0.3) is 0 Å². The second-order valence-corrected chi connectivity index (χ2v) is 7.97. The SMILES string of the molecule is COc1ccc(Cl)cc1CN(C)C(=O)N1CCS(=O)(=O)CC1. The summed E-state index contributed by atoms with van der Waals surface area (Å²) in [5, 5.41) is 0.570. The van der Waals surface area contributed by atoms with Crippen LogP contribution in [0, 0.1) is 0 Å². The fourth-order valence-corrected chi connectivity index (χ4v) is 3.73. The number of rotatable bonds is 3. The number of nitrogens with zero attached hydrogens (tertiary/aromatic N) is 2. The molecule has 22 heavy (non-hydrogen) atoms. The van der Waals surface area contributed by atoms with E-state index in [1.54, 1.807) is 37.3 Å². The molecule has 0 aliphatic carbocycles. The number of amides is 2. The molecule has 1 aromatic carbocycles. The van der Waals surface area contributed by atoms with E-state index in [-0.39, 0.29) is 30.6 Å². The molecule has 0 radical (unpaired) electrons. The fourth-order valence-electron chi connectivity index (χ4n) is 2.34. The zero-order valence-corrected chi connectivity index (χ0v) is 14.2. The smallest absolute Gasteiger partial charge is 0.320 e. The number of ether oxygens (including phenoxy) is 1. The van der Waals surface area contributed by atoms with E-state index >= 15 is 0 Å². The summed E-state index contributed by atoms with van der Waals surface area (Å²) in [6.45, 7) is 0.808. The van der Waals surface area contributed by atoms with Crippen LogP contribution < -0.4 is 4.74 Å². The highest BCUT2D eigenvalue weighted by Crippen LogP contribution is 2.24. The molecule has 1 fully saturated rings. The van der Waals surface area contributed by atoms with Crippen LogP contribution in [0.15, 0.2) is 18.2 Å². The highest BCUT2D eigenvalue weighted by Gasteiger charge is 2.27. The molecule has 1 saturated heterocycles. The summed E-state index contributed by atoms with van der Waals surface area (Å²) in [5.41, 5.74) is 0.801. The van der Waals surface area contributed by atoms with Gasteiger partial charge >= 0.3 is 6.03 Å². The molecule has 0 atom stereocenters. The molecular weight excluding hydrogens is 328 g/mol. The number of urea groups is 1. The molecular formula is C14H19ClN2O4S. The third kappa shape index (κ3) is 4.04. The van der Waals surface area contributed by atoms with Gasteiger partial charge in [-0.3, -0.25) is 0 Å². The van der Waals surface area contributed by atoms with E-state index < -0.39 is 9.84 Å². The van der Waals surface area contributed by atoms with Crippen LogP contribution in [0.2, 0.25) is 5.02 Å². The van der Waals surface area contributed by atoms with E-state index in [0.29, 0.717) is 17.3 Å². The van der Waals surface area contributed by atoms with Crippen molar-refractivity contribution in [1.82, 2.24) is 9.80 Å². The molecule has 0 spiro atoms. The van der Waals surface area contributed by atoms with Crippen LogP contribution in [-0.2, 0) is 16.4 Å². The first-order valence-corrected chi connectivity index (χ1v) is 9.05. The predicted molar refractivity (Wildman–Crippen MR) is 85.1 cm³/mol. The molecule has 122 valence electrons. The van der Waals surface area contributed by atoms with Gasteiger partial charge in [0.05, 0.1) is 25.2 Å². The Labute approximate surface area is 135 Å². The highest BCUT2D eigenvalue weighted by atomic mass is 35.5. The van der Waals surface area contributed by atoms with Crippen molar-refractivity contribution in [3.63, 3.8) is 0 Å². The average molecular weight is 347 g/mol. The summed E-state index contributed by atoms with van der Waals surface area (Å²) in [7, 11) is 0.232. The van der Waals surface area contributed by atoms with Gasteiger partial charge in [-0.2, -0.15) is 0 Å². The maximum Gasteiger partial charge on any atom is 0.320 e. The first-order chi connectivity index (χ1) is 10.3. The van der Waals surface area contributed by atoms with E-state index in [4.69, 9.17) is 16.3 Å². The average Bonchev–Trinajstić information content (AvgIpc) is 2.46. The molecule has 1 aliphatic rings. The summed E-state index contributed by atoms with van der Waals surface area (Å²) in [6.07, 6.45) is 0. The van der Waals surface area contributed by atoms with E-state index in [1.165, 1.54) is 4.90 Å². The molecule has 2 amide bonds. The lowest BCUT2D eigenvalue weighted by Crippen LogP contribution is -2.48. The minimum atomic E-state index is -3.00. The number of hydrogen-bond acceptors (Lipinski definition) is 4. The van der Waals surface area contributed by atoms with Crippen molar-refractivity contribution in [2.75, 3.05) is 38.8 Å². The summed E-state index contributed by atoms with van der Waals surface area (Å²) < 4.78 is 28.1. The molecule has 1 aromatic rings. The van der Waals surface area contributed by atoms with Gasteiger partial charge in [0.15, 0.2) is 9.84 Å². The van der Waals surface area contributed by atoms with Crippen molar-refractivity contribution in [3.8, 4) is 5.75 Å². The van der Waals surface area contributed by atoms with Gasteiger partial charge in [-0.15, -0.1) is 0 Å². The van der Waals surface area contributed by atoms with Crippen molar-refractivity contribution < 1.29 is 17.9 Å². The summed E-state index contributed by atoms with van der Waals surface area (Å²) in [4.78, 5) is 15.5. The van der Waals surface area contributed by atoms with E-state index in [0.717, 1.165) is 5.56 Å². The molecule has 1 heterocycles. The minimum absolute atomic E-state index is 0.0209. The van der Waals surface area contributed by atoms with Crippen LogP contribution in [0.5, 0.6) is 5.75 Å². The number of hydrogen-bond donors (Lipinski definition) is 0. The summed E-state index contributed by atoms with van der Waals surface area (Å²) >= 11 is 5.98. The molecule has 2 rings (SSSR count). The lowest BCUT2D eigenvalue weighted by Gasteiger charge is -2.31. The third-order valence-corrected chi connectivity index (χ3v) is 5.44. The Morgan fingerprint density at radius 1 is 1.36 bits per heavy atom. The second kappa shape index (κ2) is 6.75. The van der Waals surface area contributed by atoms with Gasteiger partial charge in [0.1, 0.15) is 5.75 Å². The number of methoxy groups -OCH3 is 1. The van der Waals surface area contributed by atoms with Gasteiger partial charge < -0.3 is 14.5 Å². The van der Waals surface area contributed by atoms with Crippen LogP contribution >= 0.6 is 11.6 Å². The van der Waals surface area contributed by atoms with Crippen LogP contribution in [-0.4, -0.2) is 63.0 Å². The number of carbonyl (C=O) groups is 1. The second-order valence-electron chi connectivity index (χ2n) is 5.23. The van der Waals surface area contributed by atoms with E-state index in [1.807, 2.05) is 0 Å². The zero-order valence-electron chi connectivity index (χ0n) is 12.6. The molecule has 8 heteroatoms. The maximum atomic E-state index is 12.4. The molecule has 6 nitrogen and oxygen atoms in total. The van der Waals surface area contributed by atoms with Crippen LogP contribution in [0.3, 0.4) is 0 Å². The fraction of sp³-hybridized carbons (Fsp3) is 0.500. The van der Waals surface area contributed by atoms with E-state index in [2.05, 4.69) is 0 Å². The zero-order chi connectivity index (χ0) is 16.3. The van der Waals surface area contributed by atoms with Crippen molar-refractivity contribution in [2.45, 2.75) is 6.54 Å². The Morgan fingerprint density at radius 2 is 2.00 bits per heavy atom. The lowest BCUT2D eigenvalue weighted by atomic mass is 10.2. The van der Waals surface area contributed by atoms with E-state index in [9.17, 15) is 13.2 Å². The highest BCUT2D eigenvalue weighted by molar-refractivity contribution is 7.91. The van der Waals surface area contributed by atoms with Crippen LogP contribution in [0.4, 0.5) is 4.79 Å².